The SMILES string of the molecule is C=CCOC(=O)/C=C(C)/C=C/[C@@H]1O[C@@]2(CC[C@H](C)[C@@H](C/C=C(C)/C=C/[C@H](O[Si](C)(C)C(C)(C)C)[C@@H](C)CO[Si](CC)(CC)CC)O2)CC[C@@]1(CCCC)OC(=O)CCC(=O)OCC=C. The maximum Gasteiger partial charge on any atom is 0.331 e. The molecule has 0 amide bonds. The van der Waals surface area contributed by atoms with Gasteiger partial charge in [-0.2, -0.15) is 0 Å². The minimum atomic E-state index is -2.08. The van der Waals surface area contributed by atoms with Crippen molar-refractivity contribution in [2.75, 3.05) is 19.8 Å². The Kier molecular flexibility index (Phi) is 24.2. The lowest BCUT2D eigenvalue weighted by atomic mass is 9.78. The number of carbonyl (C=O) groups is 3. The number of carbonyl (C=O) groups excluding carboxylic acids is 3. The van der Waals surface area contributed by atoms with Crippen molar-refractivity contribution in [3.63, 3.8) is 0 Å². The van der Waals surface area contributed by atoms with Crippen LogP contribution in [0.3, 0.4) is 0 Å². The van der Waals surface area contributed by atoms with Gasteiger partial charge in [0.05, 0.1) is 25.0 Å². The van der Waals surface area contributed by atoms with E-state index < -0.39 is 52.0 Å². The number of hydrogen-bond acceptors (Lipinski definition) is 10. The molecule has 0 unspecified atom stereocenters. The quantitative estimate of drug-likeness (QED) is 0.0197. The van der Waals surface area contributed by atoms with E-state index in [2.05, 4.69) is 114 Å². The van der Waals surface area contributed by atoms with Gasteiger partial charge in [0.15, 0.2) is 22.4 Å². The van der Waals surface area contributed by atoms with E-state index in [-0.39, 0.29) is 49.2 Å². The van der Waals surface area contributed by atoms with Crippen LogP contribution in [-0.4, -0.2) is 84.1 Å². The van der Waals surface area contributed by atoms with Crippen LogP contribution in [0.25, 0.3) is 0 Å². The molecule has 1 spiro atoms. The van der Waals surface area contributed by atoms with Crippen molar-refractivity contribution < 1.29 is 46.9 Å². The van der Waals surface area contributed by atoms with E-state index in [1.165, 1.54) is 18.2 Å². The number of esters is 3. The topological polar surface area (TPSA) is 116 Å². The first-order chi connectivity index (χ1) is 30.1. The van der Waals surface area contributed by atoms with Crippen LogP contribution in [0, 0.1) is 11.8 Å². The van der Waals surface area contributed by atoms with Crippen LogP contribution in [0.2, 0.25) is 36.3 Å². The van der Waals surface area contributed by atoms with Gasteiger partial charge in [0.1, 0.15) is 24.9 Å². The molecule has 364 valence electrons. The fourth-order valence-corrected chi connectivity index (χ4v) is 12.1. The average Bonchev–Trinajstić information content (AvgIpc) is 3.25. The zero-order valence-electron chi connectivity index (χ0n) is 42.3. The second-order valence-electron chi connectivity index (χ2n) is 19.8. The number of hydrogen-bond donors (Lipinski definition) is 0. The molecular formula is C52H88O10Si2. The van der Waals surface area contributed by atoms with Gasteiger partial charge in [-0.15, -0.1) is 0 Å². The van der Waals surface area contributed by atoms with Crippen LogP contribution < -0.4 is 0 Å². The van der Waals surface area contributed by atoms with Crippen molar-refractivity contribution in [2.24, 2.45) is 11.8 Å². The molecular weight excluding hydrogens is 841 g/mol. The summed E-state index contributed by atoms with van der Waals surface area (Å²) in [6.45, 7) is 37.0. The molecule has 2 fully saturated rings. The van der Waals surface area contributed by atoms with Crippen molar-refractivity contribution >= 4 is 34.5 Å². The summed E-state index contributed by atoms with van der Waals surface area (Å²) in [6.07, 6.45) is 19.3. The molecule has 0 aliphatic carbocycles. The van der Waals surface area contributed by atoms with Gasteiger partial charge in [-0.1, -0.05) is 130 Å². The Morgan fingerprint density at radius 2 is 1.52 bits per heavy atom. The monoisotopic (exact) mass is 929 g/mol. The summed E-state index contributed by atoms with van der Waals surface area (Å²) >= 11 is 0. The first kappa shape index (κ1) is 57.3. The molecule has 0 saturated carbocycles. The summed E-state index contributed by atoms with van der Waals surface area (Å²) in [4.78, 5) is 38.2. The summed E-state index contributed by atoms with van der Waals surface area (Å²) in [5.41, 5.74) is 0.787. The fraction of sp³-hybridized carbons (Fsp3) is 0.712. The lowest BCUT2D eigenvalue weighted by Gasteiger charge is -2.53. The van der Waals surface area contributed by atoms with Crippen LogP contribution in [-0.2, 0) is 46.9 Å². The Bertz CT molecular complexity index is 1610. The molecule has 2 aliphatic heterocycles. The Balaban J connectivity index is 2.43. The second kappa shape index (κ2) is 27.1. The first-order valence-corrected chi connectivity index (χ1v) is 29.7. The summed E-state index contributed by atoms with van der Waals surface area (Å²) in [7, 11) is -3.83. The van der Waals surface area contributed by atoms with Gasteiger partial charge in [-0.3, -0.25) is 9.59 Å². The molecule has 0 bridgehead atoms. The predicted molar refractivity (Wildman–Crippen MR) is 265 cm³/mol. The summed E-state index contributed by atoms with van der Waals surface area (Å²) in [5.74, 6) is -1.86. The predicted octanol–water partition coefficient (Wildman–Crippen LogP) is 12.8. The van der Waals surface area contributed by atoms with Gasteiger partial charge in [0, 0.05) is 31.4 Å². The third kappa shape index (κ3) is 18.1. The first-order valence-electron chi connectivity index (χ1n) is 24.2. The van der Waals surface area contributed by atoms with Crippen LogP contribution in [0.1, 0.15) is 140 Å². The fourth-order valence-electron chi connectivity index (χ4n) is 8.00. The minimum Gasteiger partial charge on any atom is -0.461 e. The van der Waals surface area contributed by atoms with Gasteiger partial charge in [-0.05, 0) is 93.7 Å². The van der Waals surface area contributed by atoms with Crippen LogP contribution >= 0.6 is 0 Å². The molecule has 2 heterocycles. The van der Waals surface area contributed by atoms with Gasteiger partial charge in [0.2, 0.25) is 0 Å². The van der Waals surface area contributed by atoms with Crippen molar-refractivity contribution in [3.8, 4) is 0 Å². The van der Waals surface area contributed by atoms with E-state index in [1.54, 1.807) is 0 Å². The molecule has 0 radical (unpaired) electrons. The van der Waals surface area contributed by atoms with Crippen molar-refractivity contribution in [1.29, 1.82) is 0 Å². The molecule has 12 heteroatoms. The van der Waals surface area contributed by atoms with E-state index in [1.807, 2.05) is 19.1 Å². The molecule has 0 N–H and O–H groups in total. The van der Waals surface area contributed by atoms with E-state index in [0.29, 0.717) is 50.2 Å². The van der Waals surface area contributed by atoms with Crippen molar-refractivity contribution in [1.82, 2.24) is 0 Å². The van der Waals surface area contributed by atoms with E-state index >= 15 is 0 Å². The molecule has 0 aromatic heterocycles. The summed E-state index contributed by atoms with van der Waals surface area (Å²) in [6, 6.07) is 3.37. The molecule has 2 aliphatic rings. The van der Waals surface area contributed by atoms with Crippen LogP contribution in [0.15, 0.2) is 72.9 Å². The Morgan fingerprint density at radius 1 is 0.875 bits per heavy atom. The lowest BCUT2D eigenvalue weighted by molar-refractivity contribution is -0.344. The van der Waals surface area contributed by atoms with Crippen molar-refractivity contribution in [3.05, 3.63) is 72.9 Å². The highest BCUT2D eigenvalue weighted by atomic mass is 28.4. The van der Waals surface area contributed by atoms with Gasteiger partial charge in [0.25, 0.3) is 0 Å². The molecule has 7 atom stereocenters. The number of unbranched alkanes of at least 4 members (excludes halogenated alkanes) is 1. The molecule has 0 aromatic rings. The summed E-state index contributed by atoms with van der Waals surface area (Å²) < 4.78 is 44.6. The average molecular weight is 929 g/mol. The molecule has 2 rings (SSSR count). The highest BCUT2D eigenvalue weighted by Crippen LogP contribution is 2.48. The molecule has 10 nitrogen and oxygen atoms in total. The number of rotatable bonds is 27. The molecule has 2 saturated heterocycles. The third-order valence-electron chi connectivity index (χ3n) is 13.8. The van der Waals surface area contributed by atoms with E-state index in [0.717, 1.165) is 43.0 Å². The van der Waals surface area contributed by atoms with Gasteiger partial charge >= 0.3 is 17.9 Å². The third-order valence-corrected chi connectivity index (χ3v) is 22.9. The zero-order valence-corrected chi connectivity index (χ0v) is 44.3. The highest BCUT2D eigenvalue weighted by molar-refractivity contribution is 6.74. The summed E-state index contributed by atoms with van der Waals surface area (Å²) in [5, 5.41) is 0.0763. The lowest BCUT2D eigenvalue weighted by Crippen LogP contribution is -2.59. The largest absolute Gasteiger partial charge is 0.461 e. The highest BCUT2D eigenvalue weighted by Gasteiger charge is 2.54. The second-order valence-corrected chi connectivity index (χ2v) is 29.4. The van der Waals surface area contributed by atoms with E-state index in [9.17, 15) is 14.4 Å². The van der Waals surface area contributed by atoms with Crippen LogP contribution in [0.4, 0.5) is 0 Å². The number of ether oxygens (including phenoxy) is 5. The Morgan fingerprint density at radius 3 is 2.12 bits per heavy atom. The Labute approximate surface area is 390 Å². The van der Waals surface area contributed by atoms with Gasteiger partial charge < -0.3 is 32.5 Å². The number of allylic oxidation sites excluding steroid dienone is 4. The Hall–Kier alpha value is -2.88. The van der Waals surface area contributed by atoms with Crippen molar-refractivity contribution in [2.45, 2.75) is 206 Å². The zero-order chi connectivity index (χ0) is 48.2. The van der Waals surface area contributed by atoms with Crippen LogP contribution in [0.5, 0.6) is 0 Å². The standard InChI is InChI=1S/C52H88O10Si2/c1-16-22-32-51(61-48(54)30-29-47(53)56-36-17-2)34-35-52(60-46(51)28-25-41(8)38-49(55)57-37-18-3)33-31-42(9)44(59-52)26-23-40(7)24-27-45(62-63(14,15)50(11,12)13)43(10)39-58-64(19-4,20-5)21-6/h17-18,23-25,27-28,38,42-46H,2-3,16,19-22,26,29-37,39H2,1,4-15H3/b27-24+,28-25+,40-23+,41-38+/t42-,43-,44+,45-,46-,51+,52-/m0/s1. The maximum atomic E-state index is 13.5. The normalized spacial score (nSPS) is 24.7. The molecule has 64 heavy (non-hydrogen) atoms. The molecule has 0 aromatic carbocycles. The van der Waals surface area contributed by atoms with Gasteiger partial charge in [-0.25, -0.2) is 4.79 Å². The van der Waals surface area contributed by atoms with E-state index in [4.69, 9.17) is 32.5 Å². The minimum absolute atomic E-state index is 0.0697. The smallest absolute Gasteiger partial charge is 0.331 e. The maximum absolute atomic E-state index is 13.5.